The van der Waals surface area contributed by atoms with Gasteiger partial charge in [0.25, 0.3) is 0 Å². The number of aliphatic hydroxyl groups is 1. The third kappa shape index (κ3) is 6.34. The highest BCUT2D eigenvalue weighted by Crippen LogP contribution is 2.50. The van der Waals surface area contributed by atoms with Crippen LogP contribution in [0, 0.1) is 0 Å². The molecule has 0 atom stereocenters. The normalized spacial score (nSPS) is 17.7. The Morgan fingerprint density at radius 3 is 1.76 bits per heavy atom. The molecule has 0 saturated heterocycles. The van der Waals surface area contributed by atoms with E-state index in [1.165, 1.54) is 5.56 Å². The van der Waals surface area contributed by atoms with Crippen LogP contribution in [0.4, 0.5) is 28.4 Å². The lowest BCUT2D eigenvalue weighted by molar-refractivity contribution is -0.433. The first-order valence-corrected chi connectivity index (χ1v) is 19.8. The smallest absolute Gasteiger partial charge is 0.335 e. The molecule has 9 heteroatoms. The van der Waals surface area contributed by atoms with Crippen molar-refractivity contribution in [3.63, 3.8) is 0 Å². The fraction of sp³-hybridized carbons (Fsp3) is 0.200. The van der Waals surface area contributed by atoms with Crippen molar-refractivity contribution in [2.75, 3.05) is 22.9 Å². The first-order chi connectivity index (χ1) is 28.2. The van der Waals surface area contributed by atoms with Crippen LogP contribution in [0.15, 0.2) is 150 Å². The molecule has 0 fully saturated rings. The molecule has 0 aromatic heterocycles. The zero-order valence-corrected chi connectivity index (χ0v) is 33.9. The zero-order chi connectivity index (χ0) is 42.0. The molecule has 0 bridgehead atoms. The Balaban J connectivity index is 1.11. The standard InChI is InChI=1S/C50H45N3O6/c1-7-51-41-12-10-9-11-39(41)49(3,4)43(51)28-37-45(54)38(46(37)55)29-44-50(5,6)40-27-33(19-26-42(40)52(44)8-2)30-13-20-34(21-14-30)53(35-22-15-31(16-23-35)47(56)57)36-24-17-32(18-25-36)48(58)59/h9-29H,7-8H2,1-6H3,(H2-,54,55,56,57,58,59)/p+1. The summed E-state index contributed by atoms with van der Waals surface area (Å²) < 4.78 is 2.22. The molecule has 2 heterocycles. The minimum Gasteiger partial charge on any atom is -0.506 e. The molecule has 0 unspecified atom stereocenters. The van der Waals surface area contributed by atoms with Crippen LogP contribution in [-0.4, -0.2) is 56.4 Å². The molecule has 0 radical (unpaired) electrons. The monoisotopic (exact) mass is 784 g/mol. The Labute approximate surface area is 343 Å². The number of benzene rings is 5. The van der Waals surface area contributed by atoms with Gasteiger partial charge in [0, 0.05) is 58.1 Å². The minimum absolute atomic E-state index is 0.0195. The first kappa shape index (κ1) is 38.9. The third-order valence-corrected chi connectivity index (χ3v) is 12.1. The van der Waals surface area contributed by atoms with Crippen LogP contribution in [0.2, 0.25) is 0 Å². The fourth-order valence-corrected chi connectivity index (χ4v) is 8.84. The van der Waals surface area contributed by atoms with Gasteiger partial charge in [0.15, 0.2) is 5.71 Å². The molecule has 3 N–H and O–H groups in total. The predicted molar refractivity (Wildman–Crippen MR) is 232 cm³/mol. The van der Waals surface area contributed by atoms with Gasteiger partial charge in [-0.05, 0) is 123 Å². The van der Waals surface area contributed by atoms with Gasteiger partial charge in [-0.15, -0.1) is 0 Å². The number of carbonyl (C=O) groups is 3. The number of hydrogen-bond donors (Lipinski definition) is 3. The van der Waals surface area contributed by atoms with Crippen molar-refractivity contribution < 1.29 is 34.3 Å². The number of carbonyl (C=O) groups excluding carboxylic acids is 1. The van der Waals surface area contributed by atoms with Crippen LogP contribution in [0.5, 0.6) is 0 Å². The number of aliphatic hydroxyl groups excluding tert-OH is 1. The van der Waals surface area contributed by atoms with Crippen LogP contribution < -0.4 is 9.80 Å². The number of aromatic carboxylic acids is 2. The molecule has 5 aromatic carbocycles. The van der Waals surface area contributed by atoms with Crippen molar-refractivity contribution in [3.05, 3.63) is 172 Å². The molecule has 5 aromatic rings. The maximum atomic E-state index is 13.9. The summed E-state index contributed by atoms with van der Waals surface area (Å²) in [5, 5.41) is 30.4. The fourth-order valence-electron chi connectivity index (χ4n) is 8.84. The van der Waals surface area contributed by atoms with E-state index >= 15 is 0 Å². The highest BCUT2D eigenvalue weighted by Gasteiger charge is 2.47. The quantitative estimate of drug-likeness (QED) is 0.0945. The van der Waals surface area contributed by atoms with E-state index in [-0.39, 0.29) is 28.1 Å². The van der Waals surface area contributed by atoms with Crippen molar-refractivity contribution in [3.8, 4) is 11.1 Å². The Bertz CT molecular complexity index is 2640. The van der Waals surface area contributed by atoms with E-state index in [1.807, 2.05) is 53.5 Å². The average Bonchev–Trinajstić information content (AvgIpc) is 3.59. The molecular weight excluding hydrogens is 739 g/mol. The van der Waals surface area contributed by atoms with Crippen molar-refractivity contribution in [1.82, 2.24) is 0 Å². The van der Waals surface area contributed by atoms with E-state index in [0.717, 1.165) is 51.7 Å². The number of fused-ring (bicyclic) bond motifs is 2. The van der Waals surface area contributed by atoms with Gasteiger partial charge < -0.3 is 25.1 Å². The minimum atomic E-state index is -1.02. The number of carboxylic acids is 2. The second-order valence-electron chi connectivity index (χ2n) is 16.1. The molecule has 0 saturated carbocycles. The van der Waals surface area contributed by atoms with E-state index in [2.05, 4.69) is 81.3 Å². The Hall–Kier alpha value is -7.00. The van der Waals surface area contributed by atoms with Crippen LogP contribution in [0.3, 0.4) is 0 Å². The van der Waals surface area contributed by atoms with Gasteiger partial charge in [0.2, 0.25) is 11.5 Å². The molecule has 8 rings (SSSR count). The molecule has 9 nitrogen and oxygen atoms in total. The van der Waals surface area contributed by atoms with E-state index in [1.54, 1.807) is 48.5 Å². The number of anilines is 4. The lowest BCUT2D eigenvalue weighted by Crippen LogP contribution is -2.32. The molecule has 296 valence electrons. The number of hydrogen-bond acceptors (Lipinski definition) is 6. The Morgan fingerprint density at radius 2 is 1.24 bits per heavy atom. The lowest BCUT2D eigenvalue weighted by Gasteiger charge is -2.28. The van der Waals surface area contributed by atoms with Crippen LogP contribution >= 0.6 is 0 Å². The maximum absolute atomic E-state index is 13.9. The van der Waals surface area contributed by atoms with Crippen molar-refractivity contribution in [2.24, 2.45) is 0 Å². The van der Waals surface area contributed by atoms with Crippen molar-refractivity contribution >= 4 is 51.9 Å². The molecule has 0 amide bonds. The highest BCUT2D eigenvalue weighted by atomic mass is 16.4. The number of Topliss-reactive ketones (excluding diaryl/α,β-unsaturated/α-hetero) is 1. The summed E-state index contributed by atoms with van der Waals surface area (Å²) in [6.07, 6.45) is 3.74. The second-order valence-corrected chi connectivity index (χ2v) is 16.1. The molecule has 2 aliphatic heterocycles. The summed E-state index contributed by atoms with van der Waals surface area (Å²) >= 11 is 0. The zero-order valence-electron chi connectivity index (χ0n) is 33.9. The topological polar surface area (TPSA) is 121 Å². The second kappa shape index (κ2) is 14.4. The van der Waals surface area contributed by atoms with Gasteiger partial charge in [-0.3, -0.25) is 4.79 Å². The van der Waals surface area contributed by atoms with Gasteiger partial charge in [-0.1, -0.05) is 50.2 Å². The van der Waals surface area contributed by atoms with Crippen LogP contribution in [-0.2, 0) is 15.6 Å². The number of nitrogens with zero attached hydrogens (tertiary/aromatic N) is 3. The van der Waals surface area contributed by atoms with E-state index < -0.39 is 17.4 Å². The van der Waals surface area contributed by atoms with Gasteiger partial charge in [0.1, 0.15) is 12.3 Å². The van der Waals surface area contributed by atoms with Crippen molar-refractivity contribution in [2.45, 2.75) is 52.4 Å². The molecule has 59 heavy (non-hydrogen) atoms. The number of rotatable bonds is 10. The van der Waals surface area contributed by atoms with Gasteiger partial charge >= 0.3 is 11.9 Å². The number of allylic oxidation sites excluding steroid dienone is 5. The number of ketones is 1. The van der Waals surface area contributed by atoms with Gasteiger partial charge in [0.05, 0.1) is 27.7 Å². The summed E-state index contributed by atoms with van der Waals surface area (Å²) in [4.78, 5) is 41.2. The summed E-state index contributed by atoms with van der Waals surface area (Å²) in [7, 11) is 0. The molecule has 0 spiro atoms. The number of likely N-dealkylation sites (N-methyl/N-ethyl adjacent to an activating group) is 1. The van der Waals surface area contributed by atoms with Gasteiger partial charge in [-0.2, -0.15) is 4.58 Å². The average molecular weight is 785 g/mol. The Morgan fingerprint density at radius 1 is 0.695 bits per heavy atom. The van der Waals surface area contributed by atoms with Crippen LogP contribution in [0.1, 0.15) is 73.4 Å². The SMILES string of the molecule is CCN1/C(=C/C2=C(O)C(=C\C3=[N+](CC)c4ccccc4C3(C)C)/C2=O)C(C)(C)c2cc(-c3ccc(N(c4ccc(C(=O)O)cc4)c4ccc(C(=O)O)cc4)cc3)ccc21. The molecule has 3 aliphatic rings. The molecular formula is C50H46N3O6+. The Kier molecular flexibility index (Phi) is 9.50. The van der Waals surface area contributed by atoms with Crippen molar-refractivity contribution in [1.29, 1.82) is 0 Å². The first-order valence-electron chi connectivity index (χ1n) is 19.8. The summed E-state index contributed by atoms with van der Waals surface area (Å²) in [6.45, 7) is 14.2. The van der Waals surface area contributed by atoms with Crippen LogP contribution in [0.25, 0.3) is 11.1 Å². The summed E-state index contributed by atoms with van der Waals surface area (Å²) in [5.74, 6) is -2.19. The molecule has 1 aliphatic carbocycles. The van der Waals surface area contributed by atoms with E-state index in [9.17, 15) is 29.7 Å². The summed E-state index contributed by atoms with van der Waals surface area (Å²) in [6, 6.07) is 35.8. The van der Waals surface area contributed by atoms with Gasteiger partial charge in [-0.25, -0.2) is 9.59 Å². The van der Waals surface area contributed by atoms with E-state index in [4.69, 9.17) is 0 Å². The largest absolute Gasteiger partial charge is 0.506 e. The third-order valence-electron chi connectivity index (χ3n) is 12.1. The van der Waals surface area contributed by atoms with E-state index in [0.29, 0.717) is 29.1 Å². The lowest BCUT2D eigenvalue weighted by atomic mass is 9.77. The highest BCUT2D eigenvalue weighted by molar-refractivity contribution is 6.24. The predicted octanol–water partition coefficient (Wildman–Crippen LogP) is 10.6. The maximum Gasteiger partial charge on any atom is 0.335 e. The number of para-hydroxylation sites is 1. The summed E-state index contributed by atoms with van der Waals surface area (Å²) in [5.41, 5.74) is 10.8. The number of carboxylic acid groups (broad SMARTS) is 2.